The molecule has 17 heavy (non-hydrogen) atoms. The molecule has 1 aromatic carbocycles. The molecule has 0 aromatic heterocycles. The molecule has 0 spiro atoms. The molecule has 1 saturated heterocycles. The Morgan fingerprint density at radius 3 is 2.35 bits per heavy atom. The summed E-state index contributed by atoms with van der Waals surface area (Å²) in [6, 6.07) is 10.0. The molecule has 1 heterocycles. The van der Waals surface area contributed by atoms with Gasteiger partial charge in [-0.05, 0) is 18.4 Å². The van der Waals surface area contributed by atoms with Crippen molar-refractivity contribution in [1.82, 2.24) is 0 Å². The van der Waals surface area contributed by atoms with Crippen LogP contribution in [-0.2, 0) is 9.47 Å². The topological polar surface area (TPSA) is 18.5 Å². The molecule has 0 amide bonds. The molecule has 0 saturated carbocycles. The van der Waals surface area contributed by atoms with Crippen LogP contribution in [-0.4, -0.2) is 11.9 Å². The fraction of sp³-hybridized carbons (Fsp3) is 0.467. The Morgan fingerprint density at radius 1 is 1.18 bits per heavy atom. The quantitative estimate of drug-likeness (QED) is 0.742. The summed E-state index contributed by atoms with van der Waals surface area (Å²) >= 11 is 0. The van der Waals surface area contributed by atoms with E-state index in [2.05, 4.69) is 19.8 Å². The zero-order valence-electron chi connectivity index (χ0n) is 10.3. The van der Waals surface area contributed by atoms with Crippen molar-refractivity contribution in [3.8, 4) is 12.3 Å². The van der Waals surface area contributed by atoms with E-state index in [0.29, 0.717) is 0 Å². The first kappa shape index (κ1) is 12.2. The lowest BCUT2D eigenvalue weighted by Crippen LogP contribution is -2.28. The number of terminal acetylenes is 1. The van der Waals surface area contributed by atoms with Crippen molar-refractivity contribution in [3.63, 3.8) is 0 Å². The minimum absolute atomic E-state index is 0.152. The fourth-order valence-electron chi connectivity index (χ4n) is 2.20. The maximum absolute atomic E-state index is 6.07. The van der Waals surface area contributed by atoms with Gasteiger partial charge in [-0.15, -0.1) is 6.42 Å². The molecular formula is C15H18O2. The molecule has 2 rings (SSSR count). The third kappa shape index (κ3) is 2.22. The lowest BCUT2D eigenvalue weighted by molar-refractivity contribution is -0.176. The molecule has 1 aliphatic rings. The Bertz CT molecular complexity index is 401. The maximum Gasteiger partial charge on any atom is 0.170 e. The summed E-state index contributed by atoms with van der Waals surface area (Å²) in [6.45, 7) is 4.12. The highest BCUT2D eigenvalue weighted by atomic mass is 16.8. The molecule has 2 atom stereocenters. The largest absolute Gasteiger partial charge is 0.338 e. The van der Waals surface area contributed by atoms with E-state index in [9.17, 15) is 0 Å². The summed E-state index contributed by atoms with van der Waals surface area (Å²) in [5, 5.41) is 0. The van der Waals surface area contributed by atoms with Gasteiger partial charge in [0.25, 0.3) is 0 Å². The van der Waals surface area contributed by atoms with Crippen LogP contribution in [0, 0.1) is 12.3 Å². The summed E-state index contributed by atoms with van der Waals surface area (Å²) in [6.07, 6.45) is 6.71. The fourth-order valence-corrected chi connectivity index (χ4v) is 2.20. The Hall–Kier alpha value is -1.30. The maximum atomic E-state index is 6.07. The first-order valence-electron chi connectivity index (χ1n) is 6.11. The number of rotatable bonds is 3. The van der Waals surface area contributed by atoms with Gasteiger partial charge in [0.1, 0.15) is 6.10 Å². The molecule has 0 aliphatic carbocycles. The van der Waals surface area contributed by atoms with E-state index in [4.69, 9.17) is 15.9 Å². The van der Waals surface area contributed by atoms with Crippen molar-refractivity contribution in [2.75, 3.05) is 0 Å². The van der Waals surface area contributed by atoms with E-state index in [1.165, 1.54) is 0 Å². The van der Waals surface area contributed by atoms with Gasteiger partial charge in [0.2, 0.25) is 0 Å². The van der Waals surface area contributed by atoms with Crippen LogP contribution in [0.2, 0.25) is 0 Å². The monoisotopic (exact) mass is 230 g/mol. The van der Waals surface area contributed by atoms with Crippen LogP contribution in [0.15, 0.2) is 30.3 Å². The van der Waals surface area contributed by atoms with Crippen LogP contribution in [0.3, 0.4) is 0 Å². The van der Waals surface area contributed by atoms with Gasteiger partial charge >= 0.3 is 0 Å². The second kappa shape index (κ2) is 4.91. The number of ether oxygens (including phenoxy) is 2. The Morgan fingerprint density at radius 2 is 1.82 bits per heavy atom. The molecular weight excluding hydrogens is 212 g/mol. The summed E-state index contributed by atoms with van der Waals surface area (Å²) in [5.74, 6) is 2.17. The van der Waals surface area contributed by atoms with Gasteiger partial charge in [0.15, 0.2) is 11.9 Å². The molecule has 1 aliphatic heterocycles. The third-order valence-corrected chi connectivity index (χ3v) is 3.33. The molecule has 0 radical (unpaired) electrons. The molecule has 2 heteroatoms. The van der Waals surface area contributed by atoms with Crippen molar-refractivity contribution in [2.24, 2.45) is 0 Å². The molecule has 1 fully saturated rings. The highest BCUT2D eigenvalue weighted by Crippen LogP contribution is 2.41. The van der Waals surface area contributed by atoms with Crippen molar-refractivity contribution in [3.05, 3.63) is 35.9 Å². The van der Waals surface area contributed by atoms with Crippen LogP contribution in [0.5, 0.6) is 0 Å². The zero-order valence-corrected chi connectivity index (χ0v) is 10.3. The molecule has 90 valence electrons. The van der Waals surface area contributed by atoms with Crippen LogP contribution in [0.25, 0.3) is 0 Å². The number of benzene rings is 1. The first-order valence-corrected chi connectivity index (χ1v) is 6.11. The summed E-state index contributed by atoms with van der Waals surface area (Å²) in [5.41, 5.74) is 1.08. The standard InChI is InChI=1S/C15H18O2/c1-4-13-14(12-10-8-7-9-11-12)17-15(5-2,6-3)16-13/h1,7-11,13-14H,5-6H2,2-3H3. The Kier molecular flexibility index (Phi) is 3.51. The molecule has 2 nitrogen and oxygen atoms in total. The summed E-state index contributed by atoms with van der Waals surface area (Å²) in [7, 11) is 0. The van der Waals surface area contributed by atoms with Crippen molar-refractivity contribution in [2.45, 2.75) is 44.7 Å². The van der Waals surface area contributed by atoms with E-state index in [1.54, 1.807) is 0 Å². The average molecular weight is 230 g/mol. The van der Waals surface area contributed by atoms with E-state index in [-0.39, 0.29) is 12.2 Å². The lowest BCUT2D eigenvalue weighted by Gasteiger charge is -2.24. The second-order valence-corrected chi connectivity index (χ2v) is 4.27. The van der Waals surface area contributed by atoms with E-state index in [1.807, 2.05) is 30.3 Å². The van der Waals surface area contributed by atoms with Crippen molar-refractivity contribution >= 4 is 0 Å². The summed E-state index contributed by atoms with van der Waals surface area (Å²) < 4.78 is 12.0. The Balaban J connectivity index is 2.27. The predicted octanol–water partition coefficient (Wildman–Crippen LogP) is 3.29. The van der Waals surface area contributed by atoms with Gasteiger partial charge < -0.3 is 9.47 Å². The van der Waals surface area contributed by atoms with Crippen molar-refractivity contribution < 1.29 is 9.47 Å². The van der Waals surface area contributed by atoms with Gasteiger partial charge in [-0.2, -0.15) is 0 Å². The molecule has 1 aromatic rings. The highest BCUT2D eigenvalue weighted by molar-refractivity contribution is 5.23. The van der Waals surface area contributed by atoms with Gasteiger partial charge in [-0.3, -0.25) is 0 Å². The van der Waals surface area contributed by atoms with E-state index < -0.39 is 5.79 Å². The third-order valence-electron chi connectivity index (χ3n) is 3.33. The number of hydrogen-bond donors (Lipinski definition) is 0. The minimum Gasteiger partial charge on any atom is -0.338 e. The first-order chi connectivity index (χ1) is 8.24. The van der Waals surface area contributed by atoms with Gasteiger partial charge in [-0.1, -0.05) is 50.1 Å². The minimum atomic E-state index is -0.516. The molecule has 2 unspecified atom stereocenters. The lowest BCUT2D eigenvalue weighted by atomic mass is 10.1. The van der Waals surface area contributed by atoms with Gasteiger partial charge in [0.05, 0.1) is 0 Å². The average Bonchev–Trinajstić information content (AvgIpc) is 2.79. The van der Waals surface area contributed by atoms with Crippen LogP contribution in [0.1, 0.15) is 38.4 Å². The van der Waals surface area contributed by atoms with E-state index >= 15 is 0 Å². The highest BCUT2D eigenvalue weighted by Gasteiger charge is 2.45. The molecule has 0 N–H and O–H groups in total. The zero-order chi connectivity index (χ0) is 12.3. The van der Waals surface area contributed by atoms with Gasteiger partial charge in [0, 0.05) is 0 Å². The van der Waals surface area contributed by atoms with Gasteiger partial charge in [-0.25, -0.2) is 0 Å². The smallest absolute Gasteiger partial charge is 0.170 e. The van der Waals surface area contributed by atoms with Crippen LogP contribution in [0.4, 0.5) is 0 Å². The normalized spacial score (nSPS) is 26.6. The summed E-state index contributed by atoms with van der Waals surface area (Å²) in [4.78, 5) is 0. The second-order valence-electron chi connectivity index (χ2n) is 4.27. The molecule has 0 bridgehead atoms. The predicted molar refractivity (Wildman–Crippen MR) is 67.3 cm³/mol. The Labute approximate surface area is 103 Å². The SMILES string of the molecule is C#CC1OC(CC)(CC)OC1c1ccccc1. The number of hydrogen-bond acceptors (Lipinski definition) is 2. The van der Waals surface area contributed by atoms with Crippen molar-refractivity contribution in [1.29, 1.82) is 0 Å². The van der Waals surface area contributed by atoms with Crippen LogP contribution < -0.4 is 0 Å². The van der Waals surface area contributed by atoms with Crippen LogP contribution >= 0.6 is 0 Å². The van der Waals surface area contributed by atoms with E-state index in [0.717, 1.165) is 18.4 Å².